The van der Waals surface area contributed by atoms with Crippen LogP contribution >= 0.6 is 12.2 Å². The molecule has 0 aromatic heterocycles. The van der Waals surface area contributed by atoms with Gasteiger partial charge in [0.1, 0.15) is 12.1 Å². The number of benzene rings is 2. The van der Waals surface area contributed by atoms with E-state index in [1.165, 1.54) is 43.0 Å². The summed E-state index contributed by atoms with van der Waals surface area (Å²) in [5.41, 5.74) is -3.08. The van der Waals surface area contributed by atoms with E-state index in [9.17, 15) is 22.8 Å². The summed E-state index contributed by atoms with van der Waals surface area (Å²) in [6.07, 6.45) is -4.04. The number of nitrogens with zero attached hydrogens (tertiary/aromatic N) is 4. The van der Waals surface area contributed by atoms with E-state index >= 15 is 4.39 Å². The molecule has 42 heavy (non-hydrogen) atoms. The maximum absolute atomic E-state index is 15.1. The summed E-state index contributed by atoms with van der Waals surface area (Å²) < 4.78 is 66.5. The fourth-order valence-electron chi connectivity index (χ4n) is 5.00. The molecule has 2 aromatic carbocycles. The van der Waals surface area contributed by atoms with Crippen LogP contribution in [0, 0.1) is 29.0 Å². The molecule has 2 unspecified atom stereocenters. The molecule has 0 bridgehead atoms. The van der Waals surface area contributed by atoms with Crippen molar-refractivity contribution in [3.05, 3.63) is 53.3 Å². The van der Waals surface area contributed by atoms with E-state index in [0.717, 1.165) is 23.5 Å². The Hall–Kier alpha value is -3.76. The Morgan fingerprint density at radius 3 is 2.52 bits per heavy atom. The third kappa shape index (κ3) is 6.19. The number of esters is 1. The normalized spacial score (nSPS) is 19.7. The number of halogens is 4. The fraction of sp³-hybridized carbons (Fsp3) is 0.448. The van der Waals surface area contributed by atoms with Gasteiger partial charge < -0.3 is 19.3 Å². The lowest BCUT2D eigenvalue weighted by Crippen LogP contribution is -2.44. The molecule has 8 nitrogen and oxygen atoms in total. The summed E-state index contributed by atoms with van der Waals surface area (Å²) in [7, 11) is 1.88. The predicted octanol–water partition coefficient (Wildman–Crippen LogP) is 5.14. The number of nitriles is 1. The number of thiocarbonyl (C=S) groups is 1. The molecule has 1 saturated carbocycles. The van der Waals surface area contributed by atoms with Crippen molar-refractivity contribution in [3.63, 3.8) is 0 Å². The average Bonchev–Trinajstić information content (AvgIpc) is 3.65. The number of amides is 1. The monoisotopic (exact) mass is 606 g/mol. The number of carbonyl (C=O) groups excluding carboxylic acids is 2. The molecule has 2 fully saturated rings. The first-order valence-corrected chi connectivity index (χ1v) is 13.7. The van der Waals surface area contributed by atoms with Crippen LogP contribution in [0.2, 0.25) is 0 Å². The number of anilines is 2. The SMILES string of the molecule is CCOC(=O)C1CC1CN(C)CCOc1ccc(N2C(=S)N(c3ccc(C#N)c(C(F)(F)F)c3)C(=O)C2(C)C)cc1F. The minimum absolute atomic E-state index is 0.0176. The molecular weight excluding hydrogens is 576 g/mol. The van der Waals surface area contributed by atoms with Gasteiger partial charge in [-0.2, -0.15) is 18.4 Å². The Bertz CT molecular complexity index is 1440. The van der Waals surface area contributed by atoms with E-state index in [-0.39, 0.29) is 46.6 Å². The molecule has 224 valence electrons. The van der Waals surface area contributed by atoms with Gasteiger partial charge in [0, 0.05) is 24.8 Å². The van der Waals surface area contributed by atoms with Gasteiger partial charge in [-0.05, 0) is 82.7 Å². The fourth-order valence-corrected chi connectivity index (χ4v) is 5.52. The van der Waals surface area contributed by atoms with Gasteiger partial charge in [0.2, 0.25) is 0 Å². The van der Waals surface area contributed by atoms with Gasteiger partial charge in [0.15, 0.2) is 16.7 Å². The van der Waals surface area contributed by atoms with Crippen LogP contribution < -0.4 is 14.5 Å². The molecule has 13 heteroatoms. The van der Waals surface area contributed by atoms with E-state index in [0.29, 0.717) is 25.8 Å². The number of alkyl halides is 3. The van der Waals surface area contributed by atoms with Gasteiger partial charge in [-0.25, -0.2) is 4.39 Å². The molecular formula is C29H30F4N4O4S. The van der Waals surface area contributed by atoms with E-state index in [1.54, 1.807) is 6.92 Å². The highest BCUT2D eigenvalue weighted by Crippen LogP contribution is 2.41. The lowest BCUT2D eigenvalue weighted by atomic mass is 10.0. The van der Waals surface area contributed by atoms with E-state index in [4.69, 9.17) is 27.0 Å². The van der Waals surface area contributed by atoms with Crippen LogP contribution in [-0.4, -0.2) is 60.8 Å². The Morgan fingerprint density at radius 1 is 1.21 bits per heavy atom. The van der Waals surface area contributed by atoms with Crippen LogP contribution in [0.4, 0.5) is 28.9 Å². The summed E-state index contributed by atoms with van der Waals surface area (Å²) in [5, 5.41) is 8.96. The number of hydrogen-bond acceptors (Lipinski definition) is 7. The standard InChI is InChI=1S/C29H30F4N4O4S/c1-5-40-25(38)21-12-18(21)16-35(4)10-11-41-24-9-8-20(14-23(24)30)37-27(42)36(26(39)28(37,2)3)19-7-6-17(15-34)22(13-19)29(31,32)33/h6-9,13-14,18,21H,5,10-12,16H2,1-4H3. The lowest BCUT2D eigenvalue weighted by Gasteiger charge is -2.29. The summed E-state index contributed by atoms with van der Waals surface area (Å²) in [6.45, 7) is 6.54. The van der Waals surface area contributed by atoms with Gasteiger partial charge in [-0.3, -0.25) is 14.5 Å². The molecule has 1 heterocycles. The molecule has 1 saturated heterocycles. The highest BCUT2D eigenvalue weighted by molar-refractivity contribution is 7.81. The van der Waals surface area contributed by atoms with Crippen molar-refractivity contribution in [1.29, 1.82) is 5.26 Å². The molecule has 2 aromatic rings. The van der Waals surface area contributed by atoms with Gasteiger partial charge in [-0.1, -0.05) is 0 Å². The molecule has 0 spiro atoms. The topological polar surface area (TPSA) is 86.1 Å². The van der Waals surface area contributed by atoms with Crippen molar-refractivity contribution in [1.82, 2.24) is 4.90 Å². The van der Waals surface area contributed by atoms with Crippen LogP contribution in [0.25, 0.3) is 0 Å². The van der Waals surface area contributed by atoms with Gasteiger partial charge in [0.05, 0.1) is 35.4 Å². The van der Waals surface area contributed by atoms with Crippen molar-refractivity contribution in [3.8, 4) is 11.8 Å². The smallest absolute Gasteiger partial charge is 0.417 e. The minimum atomic E-state index is -4.82. The van der Waals surface area contributed by atoms with Gasteiger partial charge >= 0.3 is 12.1 Å². The molecule has 2 aliphatic rings. The Kier molecular flexibility index (Phi) is 8.80. The quantitative estimate of drug-likeness (QED) is 0.209. The number of carbonyl (C=O) groups is 2. The van der Waals surface area contributed by atoms with Crippen molar-refractivity contribution in [2.75, 3.05) is 43.2 Å². The molecule has 1 aliphatic heterocycles. The first-order valence-electron chi connectivity index (χ1n) is 13.3. The maximum atomic E-state index is 15.1. The van der Waals surface area contributed by atoms with Crippen molar-refractivity contribution >= 4 is 40.6 Å². The number of ether oxygens (including phenoxy) is 2. The molecule has 1 amide bonds. The van der Waals surface area contributed by atoms with Crippen molar-refractivity contribution in [2.24, 2.45) is 11.8 Å². The highest BCUT2D eigenvalue weighted by atomic mass is 32.1. The van der Waals surface area contributed by atoms with E-state index < -0.39 is 34.6 Å². The first kappa shape index (κ1) is 31.2. The maximum Gasteiger partial charge on any atom is 0.417 e. The number of hydrogen-bond donors (Lipinski definition) is 0. The zero-order chi connectivity index (χ0) is 31.0. The van der Waals surface area contributed by atoms with Gasteiger partial charge in [0.25, 0.3) is 5.91 Å². The zero-order valence-electron chi connectivity index (χ0n) is 23.5. The van der Waals surface area contributed by atoms with Crippen LogP contribution in [0.15, 0.2) is 36.4 Å². The molecule has 2 atom stereocenters. The first-order chi connectivity index (χ1) is 19.7. The third-order valence-electron chi connectivity index (χ3n) is 7.32. The number of rotatable bonds is 10. The summed E-state index contributed by atoms with van der Waals surface area (Å²) in [4.78, 5) is 29.5. The second-order valence-electron chi connectivity index (χ2n) is 10.7. The summed E-state index contributed by atoms with van der Waals surface area (Å²) in [5.74, 6) is -1.37. The lowest BCUT2D eigenvalue weighted by molar-refractivity contribution is -0.145. The Morgan fingerprint density at radius 2 is 1.90 bits per heavy atom. The summed E-state index contributed by atoms with van der Waals surface area (Å²) in [6, 6.07) is 8.47. The molecule has 0 radical (unpaired) electrons. The molecule has 0 N–H and O–H groups in total. The van der Waals surface area contributed by atoms with Crippen LogP contribution in [0.5, 0.6) is 5.75 Å². The highest BCUT2D eigenvalue weighted by Gasteiger charge is 2.51. The third-order valence-corrected chi connectivity index (χ3v) is 7.68. The molecule has 4 rings (SSSR count). The van der Waals surface area contributed by atoms with E-state index in [2.05, 4.69) is 0 Å². The predicted molar refractivity (Wildman–Crippen MR) is 150 cm³/mol. The van der Waals surface area contributed by atoms with Crippen molar-refractivity contribution in [2.45, 2.75) is 38.9 Å². The van der Waals surface area contributed by atoms with Crippen LogP contribution in [0.1, 0.15) is 38.3 Å². The summed E-state index contributed by atoms with van der Waals surface area (Å²) >= 11 is 5.50. The largest absolute Gasteiger partial charge is 0.489 e. The minimum Gasteiger partial charge on any atom is -0.489 e. The van der Waals surface area contributed by atoms with Crippen LogP contribution in [-0.2, 0) is 20.5 Å². The molecule has 1 aliphatic carbocycles. The zero-order valence-corrected chi connectivity index (χ0v) is 24.3. The van der Waals surface area contributed by atoms with E-state index in [1.807, 2.05) is 11.9 Å². The van der Waals surface area contributed by atoms with Crippen LogP contribution in [0.3, 0.4) is 0 Å². The Balaban J connectivity index is 1.44. The second kappa shape index (κ2) is 11.9. The second-order valence-corrected chi connectivity index (χ2v) is 11.1. The Labute approximate surface area is 246 Å². The van der Waals surface area contributed by atoms with Crippen molar-refractivity contribution < 1.29 is 36.6 Å². The number of likely N-dealkylation sites (N-methyl/N-ethyl adjacent to an activating group) is 1. The average molecular weight is 607 g/mol. The van der Waals surface area contributed by atoms with Gasteiger partial charge in [-0.15, -0.1) is 0 Å².